The van der Waals surface area contributed by atoms with Gasteiger partial charge in [-0.3, -0.25) is 0 Å². The lowest BCUT2D eigenvalue weighted by atomic mass is 9.82. The van der Waals surface area contributed by atoms with Crippen LogP contribution < -0.4 is 10.5 Å². The summed E-state index contributed by atoms with van der Waals surface area (Å²) in [5.41, 5.74) is 6.24. The van der Waals surface area contributed by atoms with Gasteiger partial charge in [0.05, 0.1) is 16.1 Å². The zero-order valence-corrected chi connectivity index (χ0v) is 12.3. The Bertz CT molecular complexity index is 403. The fraction of sp³-hybridized carbons (Fsp3) is 0.571. The number of anilines is 1. The lowest BCUT2D eigenvalue weighted by molar-refractivity contribution is 0.101. The molecule has 2 rings (SSSR count). The van der Waals surface area contributed by atoms with Crippen LogP contribution in [0.2, 0.25) is 10.0 Å². The van der Waals surface area contributed by atoms with Crippen molar-refractivity contribution in [3.8, 4) is 5.75 Å². The molecule has 0 spiro atoms. The first-order valence-electron chi connectivity index (χ1n) is 6.37. The molecule has 0 saturated heterocycles. The molecule has 4 heteroatoms. The van der Waals surface area contributed by atoms with Crippen LogP contribution in [-0.2, 0) is 0 Å². The molecular weight excluding hydrogens is 269 g/mol. The molecule has 0 bridgehead atoms. The summed E-state index contributed by atoms with van der Waals surface area (Å²) in [6.07, 6.45) is 3.58. The summed E-state index contributed by atoms with van der Waals surface area (Å²) >= 11 is 12.3. The zero-order valence-electron chi connectivity index (χ0n) is 10.7. The van der Waals surface area contributed by atoms with Crippen molar-refractivity contribution in [2.24, 2.45) is 11.8 Å². The SMILES string of the molecule is CC1CC(C)CC(Oc2c(Cl)cc(N)cc2Cl)C1. The van der Waals surface area contributed by atoms with E-state index in [2.05, 4.69) is 13.8 Å². The highest BCUT2D eigenvalue weighted by Gasteiger charge is 2.26. The number of hydrogen-bond donors (Lipinski definition) is 1. The molecule has 0 aliphatic heterocycles. The van der Waals surface area contributed by atoms with Gasteiger partial charge in [0, 0.05) is 5.69 Å². The summed E-state index contributed by atoms with van der Waals surface area (Å²) in [6.45, 7) is 4.52. The lowest BCUT2D eigenvalue weighted by Gasteiger charge is -2.32. The Morgan fingerprint density at radius 3 is 2.06 bits per heavy atom. The highest BCUT2D eigenvalue weighted by molar-refractivity contribution is 6.37. The molecule has 1 fully saturated rings. The van der Waals surface area contributed by atoms with E-state index >= 15 is 0 Å². The van der Waals surface area contributed by atoms with Crippen molar-refractivity contribution in [3.05, 3.63) is 22.2 Å². The summed E-state index contributed by atoms with van der Waals surface area (Å²) in [5.74, 6) is 1.94. The molecule has 2 N–H and O–H groups in total. The molecule has 0 aromatic heterocycles. The van der Waals surface area contributed by atoms with Gasteiger partial charge < -0.3 is 10.5 Å². The third-order valence-corrected chi connectivity index (χ3v) is 4.00. The number of nitrogen functional groups attached to an aromatic ring is 1. The van der Waals surface area contributed by atoms with Crippen molar-refractivity contribution in [2.75, 3.05) is 5.73 Å². The molecule has 1 aliphatic carbocycles. The topological polar surface area (TPSA) is 35.2 Å². The molecule has 2 nitrogen and oxygen atoms in total. The predicted octanol–water partition coefficient (Wildman–Crippen LogP) is 4.78. The molecule has 1 aliphatic rings. The van der Waals surface area contributed by atoms with Gasteiger partial charge in [-0.2, -0.15) is 0 Å². The van der Waals surface area contributed by atoms with E-state index < -0.39 is 0 Å². The van der Waals surface area contributed by atoms with E-state index in [0.29, 0.717) is 33.3 Å². The Morgan fingerprint density at radius 1 is 1.06 bits per heavy atom. The van der Waals surface area contributed by atoms with Crippen molar-refractivity contribution in [2.45, 2.75) is 39.2 Å². The highest BCUT2D eigenvalue weighted by atomic mass is 35.5. The number of ether oxygens (including phenoxy) is 1. The van der Waals surface area contributed by atoms with E-state index in [1.165, 1.54) is 6.42 Å². The first-order valence-corrected chi connectivity index (χ1v) is 7.12. The van der Waals surface area contributed by atoms with Gasteiger partial charge >= 0.3 is 0 Å². The quantitative estimate of drug-likeness (QED) is 0.795. The number of nitrogens with two attached hydrogens (primary N) is 1. The second-order valence-corrected chi connectivity index (χ2v) is 6.29. The maximum atomic E-state index is 6.14. The number of hydrogen-bond acceptors (Lipinski definition) is 2. The summed E-state index contributed by atoms with van der Waals surface area (Å²) in [4.78, 5) is 0. The second-order valence-electron chi connectivity index (χ2n) is 5.47. The van der Waals surface area contributed by atoms with Gasteiger partial charge in [-0.15, -0.1) is 0 Å². The standard InChI is InChI=1S/C14H19Cl2NO/c1-8-3-9(2)5-11(4-8)18-14-12(15)6-10(17)7-13(14)16/h6-9,11H,3-5,17H2,1-2H3. The van der Waals surface area contributed by atoms with E-state index in [1.54, 1.807) is 12.1 Å². The van der Waals surface area contributed by atoms with E-state index in [1.807, 2.05) is 0 Å². The van der Waals surface area contributed by atoms with Gasteiger partial charge in [-0.05, 0) is 43.2 Å². The average molecular weight is 288 g/mol. The molecule has 1 aromatic rings. The van der Waals surface area contributed by atoms with Crippen LogP contribution in [0.25, 0.3) is 0 Å². The fourth-order valence-electron chi connectivity index (χ4n) is 2.83. The van der Waals surface area contributed by atoms with Crippen LogP contribution in [0.1, 0.15) is 33.1 Å². The predicted molar refractivity (Wildman–Crippen MR) is 77.5 cm³/mol. The van der Waals surface area contributed by atoms with E-state index in [-0.39, 0.29) is 6.10 Å². The lowest BCUT2D eigenvalue weighted by Crippen LogP contribution is -2.28. The molecule has 100 valence electrons. The number of benzene rings is 1. The third-order valence-electron chi connectivity index (χ3n) is 3.44. The Kier molecular flexibility index (Phi) is 4.29. The number of rotatable bonds is 2. The van der Waals surface area contributed by atoms with E-state index in [0.717, 1.165) is 12.8 Å². The van der Waals surface area contributed by atoms with Crippen LogP contribution in [0.3, 0.4) is 0 Å². The first-order chi connectivity index (χ1) is 8.45. The minimum absolute atomic E-state index is 0.197. The first kappa shape index (κ1) is 13.8. The summed E-state index contributed by atoms with van der Waals surface area (Å²) in [7, 11) is 0. The maximum Gasteiger partial charge on any atom is 0.157 e. The Balaban J connectivity index is 2.14. The van der Waals surface area contributed by atoms with Crippen molar-refractivity contribution in [1.29, 1.82) is 0 Å². The summed E-state index contributed by atoms with van der Waals surface area (Å²) in [6, 6.07) is 3.36. The average Bonchev–Trinajstić information content (AvgIpc) is 2.22. The van der Waals surface area contributed by atoms with Crippen molar-refractivity contribution < 1.29 is 4.74 Å². The second kappa shape index (κ2) is 5.58. The Morgan fingerprint density at radius 2 is 1.56 bits per heavy atom. The van der Waals surface area contributed by atoms with Gasteiger partial charge in [0.25, 0.3) is 0 Å². The third kappa shape index (κ3) is 3.24. The van der Waals surface area contributed by atoms with Gasteiger partial charge in [0.1, 0.15) is 0 Å². The molecule has 0 radical (unpaired) electrons. The maximum absolute atomic E-state index is 6.14. The fourth-order valence-corrected chi connectivity index (χ4v) is 3.42. The smallest absolute Gasteiger partial charge is 0.157 e. The van der Waals surface area contributed by atoms with Gasteiger partial charge in [-0.1, -0.05) is 37.0 Å². The molecule has 1 saturated carbocycles. The monoisotopic (exact) mass is 287 g/mol. The Hall–Kier alpha value is -0.600. The van der Waals surface area contributed by atoms with E-state index in [9.17, 15) is 0 Å². The van der Waals surface area contributed by atoms with Crippen LogP contribution in [0.4, 0.5) is 5.69 Å². The molecule has 2 atom stereocenters. The zero-order chi connectivity index (χ0) is 13.3. The minimum Gasteiger partial charge on any atom is -0.487 e. The van der Waals surface area contributed by atoms with Crippen LogP contribution in [0, 0.1) is 11.8 Å². The van der Waals surface area contributed by atoms with Crippen molar-refractivity contribution >= 4 is 28.9 Å². The van der Waals surface area contributed by atoms with Crippen LogP contribution in [0.15, 0.2) is 12.1 Å². The molecule has 1 aromatic carbocycles. The molecule has 0 amide bonds. The van der Waals surface area contributed by atoms with Crippen LogP contribution >= 0.6 is 23.2 Å². The van der Waals surface area contributed by atoms with Gasteiger partial charge in [0.15, 0.2) is 5.75 Å². The van der Waals surface area contributed by atoms with Crippen LogP contribution in [-0.4, -0.2) is 6.10 Å². The number of halogens is 2. The van der Waals surface area contributed by atoms with Gasteiger partial charge in [0.2, 0.25) is 0 Å². The largest absolute Gasteiger partial charge is 0.487 e. The van der Waals surface area contributed by atoms with Crippen LogP contribution in [0.5, 0.6) is 5.75 Å². The van der Waals surface area contributed by atoms with Crippen molar-refractivity contribution in [1.82, 2.24) is 0 Å². The summed E-state index contributed by atoms with van der Waals surface area (Å²) in [5, 5.41) is 0.983. The molecule has 2 unspecified atom stereocenters. The van der Waals surface area contributed by atoms with Gasteiger partial charge in [-0.25, -0.2) is 0 Å². The van der Waals surface area contributed by atoms with Crippen molar-refractivity contribution in [3.63, 3.8) is 0 Å². The normalized spacial score (nSPS) is 28.1. The Labute approximate surface area is 118 Å². The highest BCUT2D eigenvalue weighted by Crippen LogP contribution is 2.38. The summed E-state index contributed by atoms with van der Waals surface area (Å²) < 4.78 is 5.99. The minimum atomic E-state index is 0.197. The van der Waals surface area contributed by atoms with E-state index in [4.69, 9.17) is 33.7 Å². The molecule has 18 heavy (non-hydrogen) atoms. The molecule has 0 heterocycles. The molecular formula is C14H19Cl2NO.